The van der Waals surface area contributed by atoms with Gasteiger partial charge < -0.3 is 15.7 Å². The molecule has 2 atom stereocenters. The number of piperidine rings is 1. The van der Waals surface area contributed by atoms with Gasteiger partial charge >= 0.3 is 5.97 Å². The number of anilines is 1. The fraction of sp³-hybridized carbons (Fsp3) is 0.667. The number of amides is 2. The summed E-state index contributed by atoms with van der Waals surface area (Å²) in [4.78, 5) is 43.3. The van der Waals surface area contributed by atoms with Crippen molar-refractivity contribution >= 4 is 34.3 Å². The van der Waals surface area contributed by atoms with E-state index in [0.29, 0.717) is 18.1 Å². The lowest BCUT2D eigenvalue weighted by Crippen LogP contribution is -2.50. The van der Waals surface area contributed by atoms with E-state index in [0.717, 1.165) is 23.5 Å². The number of thiazole rings is 1. The zero-order valence-corrected chi connectivity index (χ0v) is 17.1. The molecule has 0 saturated carbocycles. The van der Waals surface area contributed by atoms with Crippen molar-refractivity contribution in [3.63, 3.8) is 0 Å². The highest BCUT2D eigenvalue weighted by atomic mass is 32.1. The van der Waals surface area contributed by atoms with E-state index < -0.39 is 12.0 Å². The van der Waals surface area contributed by atoms with Crippen LogP contribution in [0.25, 0.3) is 0 Å². The van der Waals surface area contributed by atoms with Crippen molar-refractivity contribution in [2.45, 2.75) is 46.6 Å². The Bertz CT molecular complexity index is 684. The van der Waals surface area contributed by atoms with Gasteiger partial charge in [0.2, 0.25) is 11.8 Å². The molecule has 0 radical (unpaired) electrons. The summed E-state index contributed by atoms with van der Waals surface area (Å²) in [7, 11) is 0. The van der Waals surface area contributed by atoms with Gasteiger partial charge in [0.25, 0.3) is 0 Å². The molecule has 1 aliphatic heterocycles. The first kappa shape index (κ1) is 21.3. The monoisotopic (exact) mass is 396 g/mol. The number of aliphatic carboxylic acids is 1. The van der Waals surface area contributed by atoms with Crippen LogP contribution in [0.15, 0.2) is 0 Å². The molecule has 150 valence electrons. The first-order chi connectivity index (χ1) is 12.7. The van der Waals surface area contributed by atoms with Gasteiger partial charge in [-0.05, 0) is 39.2 Å². The van der Waals surface area contributed by atoms with E-state index in [1.54, 1.807) is 13.8 Å². The van der Waals surface area contributed by atoms with Crippen molar-refractivity contribution < 1.29 is 19.5 Å². The summed E-state index contributed by atoms with van der Waals surface area (Å²) in [6.45, 7) is 8.75. The lowest BCUT2D eigenvalue weighted by atomic mass is 9.95. The number of hydrogen-bond acceptors (Lipinski definition) is 6. The summed E-state index contributed by atoms with van der Waals surface area (Å²) >= 11 is 1.44. The number of rotatable bonds is 7. The lowest BCUT2D eigenvalue weighted by molar-refractivity contribution is -0.144. The topological polar surface area (TPSA) is 112 Å². The largest absolute Gasteiger partial charge is 0.480 e. The number of carbonyl (C=O) groups is 3. The first-order valence-electron chi connectivity index (χ1n) is 9.16. The van der Waals surface area contributed by atoms with E-state index >= 15 is 0 Å². The highest BCUT2D eigenvalue weighted by molar-refractivity contribution is 7.15. The number of hydrogen-bond donors (Lipinski definition) is 3. The molecule has 3 N–H and O–H groups in total. The predicted octanol–water partition coefficient (Wildman–Crippen LogP) is 1.64. The van der Waals surface area contributed by atoms with Crippen LogP contribution in [-0.4, -0.2) is 58.5 Å². The molecule has 2 heterocycles. The molecular weight excluding hydrogens is 368 g/mol. The van der Waals surface area contributed by atoms with E-state index in [9.17, 15) is 19.5 Å². The lowest BCUT2D eigenvalue weighted by Gasteiger charge is -2.32. The normalized spacial score (nSPS) is 18.9. The van der Waals surface area contributed by atoms with Gasteiger partial charge in [0.1, 0.15) is 6.04 Å². The van der Waals surface area contributed by atoms with Crippen LogP contribution in [0.1, 0.15) is 37.3 Å². The molecule has 1 aromatic rings. The van der Waals surface area contributed by atoms with Gasteiger partial charge in [-0.25, -0.2) is 9.78 Å². The summed E-state index contributed by atoms with van der Waals surface area (Å²) < 4.78 is 0. The Kier molecular flexibility index (Phi) is 7.32. The van der Waals surface area contributed by atoms with Crippen molar-refractivity contribution in [2.24, 2.45) is 11.8 Å². The molecule has 0 spiro atoms. The maximum absolute atomic E-state index is 12.5. The molecule has 0 aromatic carbocycles. The Labute approximate surface area is 163 Å². The molecular formula is C18H28N4O4S. The van der Waals surface area contributed by atoms with Crippen LogP contribution in [0.2, 0.25) is 0 Å². The van der Waals surface area contributed by atoms with E-state index in [-0.39, 0.29) is 30.2 Å². The van der Waals surface area contributed by atoms with Gasteiger partial charge in [0.05, 0.1) is 18.2 Å². The second-order valence-electron chi connectivity index (χ2n) is 7.35. The summed E-state index contributed by atoms with van der Waals surface area (Å²) in [6.07, 6.45) is 1.49. The molecule has 9 heteroatoms. The Morgan fingerprint density at radius 2 is 2.04 bits per heavy atom. The fourth-order valence-electron chi connectivity index (χ4n) is 3.09. The van der Waals surface area contributed by atoms with Crippen LogP contribution in [-0.2, 0) is 14.4 Å². The van der Waals surface area contributed by atoms with Gasteiger partial charge in [-0.3, -0.25) is 14.5 Å². The van der Waals surface area contributed by atoms with Crippen LogP contribution in [0.3, 0.4) is 0 Å². The minimum absolute atomic E-state index is 0.157. The molecule has 1 aromatic heterocycles. The third-order valence-corrected chi connectivity index (χ3v) is 5.74. The highest BCUT2D eigenvalue weighted by Gasteiger charge is 2.31. The maximum atomic E-state index is 12.5. The number of nitrogens with zero attached hydrogens (tertiary/aromatic N) is 2. The predicted molar refractivity (Wildman–Crippen MR) is 104 cm³/mol. The highest BCUT2D eigenvalue weighted by Crippen LogP contribution is 2.21. The zero-order chi connectivity index (χ0) is 20.1. The van der Waals surface area contributed by atoms with Crippen LogP contribution in [0, 0.1) is 25.7 Å². The van der Waals surface area contributed by atoms with Gasteiger partial charge in [-0.2, -0.15) is 0 Å². The minimum atomic E-state index is -1.03. The Morgan fingerprint density at radius 3 is 2.59 bits per heavy atom. The van der Waals surface area contributed by atoms with Crippen molar-refractivity contribution in [1.29, 1.82) is 0 Å². The molecule has 27 heavy (non-hydrogen) atoms. The fourth-order valence-corrected chi connectivity index (χ4v) is 3.92. The third kappa shape index (κ3) is 6.00. The standard InChI is InChI=1S/C18H28N4O4S/c1-10(2)15(17(25)26)21-16(24)13-6-5-7-22(8-13)9-14(23)20-18-19-11(3)12(4)27-18/h10,13,15H,5-9H2,1-4H3,(H,21,24)(H,25,26)(H,19,20,23). The summed E-state index contributed by atoms with van der Waals surface area (Å²) in [5.74, 6) is -1.94. The molecule has 1 saturated heterocycles. The van der Waals surface area contributed by atoms with Crippen molar-refractivity contribution in [3.8, 4) is 0 Å². The van der Waals surface area contributed by atoms with E-state index in [1.807, 2.05) is 18.7 Å². The molecule has 2 rings (SSSR count). The minimum Gasteiger partial charge on any atom is -0.480 e. The number of aromatic nitrogens is 1. The van der Waals surface area contributed by atoms with Crippen molar-refractivity contribution in [2.75, 3.05) is 25.0 Å². The average molecular weight is 397 g/mol. The zero-order valence-electron chi connectivity index (χ0n) is 16.2. The molecule has 2 unspecified atom stereocenters. The number of likely N-dealkylation sites (tertiary alicyclic amines) is 1. The van der Waals surface area contributed by atoms with Crippen LogP contribution >= 0.6 is 11.3 Å². The van der Waals surface area contributed by atoms with Crippen LogP contribution < -0.4 is 10.6 Å². The number of carboxylic acid groups (broad SMARTS) is 1. The van der Waals surface area contributed by atoms with Gasteiger partial charge in [0, 0.05) is 11.4 Å². The number of nitrogens with one attached hydrogen (secondary N) is 2. The van der Waals surface area contributed by atoms with E-state index in [2.05, 4.69) is 15.6 Å². The Morgan fingerprint density at radius 1 is 1.33 bits per heavy atom. The molecule has 2 amide bonds. The first-order valence-corrected chi connectivity index (χ1v) is 9.98. The summed E-state index contributed by atoms with van der Waals surface area (Å²) in [5.41, 5.74) is 0.906. The van der Waals surface area contributed by atoms with E-state index in [1.165, 1.54) is 11.3 Å². The smallest absolute Gasteiger partial charge is 0.326 e. The molecule has 8 nitrogen and oxygen atoms in total. The SMILES string of the molecule is Cc1nc(NC(=O)CN2CCCC(C(=O)NC(C(=O)O)C(C)C)C2)sc1C. The number of carbonyl (C=O) groups excluding carboxylic acids is 2. The molecule has 1 fully saturated rings. The van der Waals surface area contributed by atoms with Crippen molar-refractivity contribution in [3.05, 3.63) is 10.6 Å². The summed E-state index contributed by atoms with van der Waals surface area (Å²) in [6, 6.07) is -0.896. The molecule has 0 aliphatic carbocycles. The number of carboxylic acids is 1. The quantitative estimate of drug-likeness (QED) is 0.646. The summed E-state index contributed by atoms with van der Waals surface area (Å²) in [5, 5.41) is 15.3. The van der Waals surface area contributed by atoms with Gasteiger partial charge in [0.15, 0.2) is 5.13 Å². The van der Waals surface area contributed by atoms with Crippen molar-refractivity contribution in [1.82, 2.24) is 15.2 Å². The average Bonchev–Trinajstić information content (AvgIpc) is 2.89. The Balaban J connectivity index is 1.88. The Hall–Kier alpha value is -2.00. The van der Waals surface area contributed by atoms with Crippen LogP contribution in [0.4, 0.5) is 5.13 Å². The maximum Gasteiger partial charge on any atom is 0.326 e. The third-order valence-electron chi connectivity index (χ3n) is 4.75. The number of aryl methyl sites for hydroxylation is 2. The van der Waals surface area contributed by atoms with E-state index in [4.69, 9.17) is 0 Å². The van der Waals surface area contributed by atoms with Gasteiger partial charge in [-0.15, -0.1) is 11.3 Å². The van der Waals surface area contributed by atoms with Crippen LogP contribution in [0.5, 0.6) is 0 Å². The molecule has 0 bridgehead atoms. The van der Waals surface area contributed by atoms with Gasteiger partial charge in [-0.1, -0.05) is 13.8 Å². The molecule has 1 aliphatic rings. The second-order valence-corrected chi connectivity index (χ2v) is 8.55. The second kappa shape index (κ2) is 9.27.